The lowest BCUT2D eigenvalue weighted by atomic mass is 10.0. The summed E-state index contributed by atoms with van der Waals surface area (Å²) in [6.07, 6.45) is 0.508. The predicted molar refractivity (Wildman–Crippen MR) is 109 cm³/mol. The van der Waals surface area contributed by atoms with Crippen molar-refractivity contribution in [2.24, 2.45) is 5.73 Å². The highest BCUT2D eigenvalue weighted by Crippen LogP contribution is 2.21. The molecule has 0 saturated carbocycles. The van der Waals surface area contributed by atoms with Gasteiger partial charge in [-0.3, -0.25) is 14.4 Å². The Kier molecular flexibility index (Phi) is 6.31. The van der Waals surface area contributed by atoms with Crippen molar-refractivity contribution in [2.45, 2.75) is 6.42 Å². The minimum Gasteiger partial charge on any atom is -0.349 e. The van der Waals surface area contributed by atoms with E-state index in [1.807, 2.05) is 30.3 Å². The minimum atomic E-state index is -0.935. The van der Waals surface area contributed by atoms with Crippen LogP contribution in [0.4, 0.5) is 10.1 Å². The van der Waals surface area contributed by atoms with Gasteiger partial charge in [0.2, 0.25) is 0 Å². The van der Waals surface area contributed by atoms with Crippen molar-refractivity contribution in [1.29, 1.82) is 0 Å². The Labute approximate surface area is 166 Å². The summed E-state index contributed by atoms with van der Waals surface area (Å²) in [5.41, 5.74) is 5.57. The molecule has 3 rings (SSSR count). The van der Waals surface area contributed by atoms with E-state index in [9.17, 15) is 18.8 Å². The molecular formula is C22H20FN3O3. The fraction of sp³-hybridized carbons (Fsp3) is 0.136. The summed E-state index contributed by atoms with van der Waals surface area (Å²) in [6, 6.07) is 16.1. The normalized spacial score (nSPS) is 10.6. The van der Waals surface area contributed by atoms with Gasteiger partial charge in [0.25, 0.3) is 17.6 Å². The number of ketones is 1. The van der Waals surface area contributed by atoms with Crippen molar-refractivity contribution in [3.63, 3.8) is 0 Å². The molecular weight excluding hydrogens is 373 g/mol. The van der Waals surface area contributed by atoms with Gasteiger partial charge in [0.15, 0.2) is 0 Å². The van der Waals surface area contributed by atoms with Gasteiger partial charge in [-0.1, -0.05) is 30.3 Å². The first kappa shape index (κ1) is 20.2. The van der Waals surface area contributed by atoms with Crippen molar-refractivity contribution in [1.82, 2.24) is 5.32 Å². The third-order valence-electron chi connectivity index (χ3n) is 4.36. The predicted octanol–water partition coefficient (Wildman–Crippen LogP) is 2.88. The van der Waals surface area contributed by atoms with Crippen LogP contribution >= 0.6 is 0 Å². The summed E-state index contributed by atoms with van der Waals surface area (Å²) in [4.78, 5) is 37.2. The number of nitrogens with two attached hydrogens (primary N) is 1. The number of anilines is 1. The summed E-state index contributed by atoms with van der Waals surface area (Å²) >= 11 is 0. The van der Waals surface area contributed by atoms with Crippen LogP contribution in [0.25, 0.3) is 10.8 Å². The summed E-state index contributed by atoms with van der Waals surface area (Å²) in [6.45, 7) is 0.594. The second-order valence-corrected chi connectivity index (χ2v) is 6.43. The third kappa shape index (κ3) is 4.83. The van der Waals surface area contributed by atoms with E-state index < -0.39 is 23.4 Å². The standard InChI is InChI=1S/C22H20FN3O3/c23-17-8-9-19(18(13-17)20(27)22(29)25-11-3-10-24)26-21(28)16-7-6-14-4-1-2-5-15(14)12-16/h1-2,4-9,12-13H,3,10-11,24H2,(H,25,29)(H,26,28). The van der Waals surface area contributed by atoms with Crippen LogP contribution in [-0.2, 0) is 4.79 Å². The fourth-order valence-electron chi connectivity index (χ4n) is 2.84. The molecule has 29 heavy (non-hydrogen) atoms. The second-order valence-electron chi connectivity index (χ2n) is 6.43. The van der Waals surface area contributed by atoms with Crippen LogP contribution in [0.3, 0.4) is 0 Å². The molecule has 0 spiro atoms. The highest BCUT2D eigenvalue weighted by molar-refractivity contribution is 6.44. The molecule has 0 unspecified atom stereocenters. The van der Waals surface area contributed by atoms with Crippen LogP contribution in [0.2, 0.25) is 0 Å². The average molecular weight is 393 g/mol. The number of benzene rings is 3. The van der Waals surface area contributed by atoms with Gasteiger partial charge in [-0.25, -0.2) is 4.39 Å². The summed E-state index contributed by atoms with van der Waals surface area (Å²) in [7, 11) is 0. The second kappa shape index (κ2) is 9.07. The lowest BCUT2D eigenvalue weighted by molar-refractivity contribution is -0.117. The first-order chi connectivity index (χ1) is 14.0. The van der Waals surface area contributed by atoms with Crippen LogP contribution < -0.4 is 16.4 Å². The zero-order valence-corrected chi connectivity index (χ0v) is 15.6. The molecule has 0 radical (unpaired) electrons. The first-order valence-corrected chi connectivity index (χ1v) is 9.12. The lowest BCUT2D eigenvalue weighted by Crippen LogP contribution is -2.33. The largest absolute Gasteiger partial charge is 0.349 e. The Morgan fingerprint density at radius 1 is 0.931 bits per heavy atom. The Morgan fingerprint density at radius 3 is 2.45 bits per heavy atom. The van der Waals surface area contributed by atoms with E-state index in [0.29, 0.717) is 18.5 Å². The van der Waals surface area contributed by atoms with Gasteiger partial charge >= 0.3 is 0 Å². The lowest BCUT2D eigenvalue weighted by Gasteiger charge is -2.11. The smallest absolute Gasteiger partial charge is 0.292 e. The average Bonchev–Trinajstić information content (AvgIpc) is 2.74. The highest BCUT2D eigenvalue weighted by atomic mass is 19.1. The first-order valence-electron chi connectivity index (χ1n) is 9.12. The number of nitrogens with one attached hydrogen (secondary N) is 2. The number of amides is 2. The quantitative estimate of drug-likeness (QED) is 0.326. The number of hydrogen-bond donors (Lipinski definition) is 3. The van der Waals surface area contributed by atoms with E-state index in [4.69, 9.17) is 5.73 Å². The molecule has 0 aliphatic heterocycles. The van der Waals surface area contributed by atoms with E-state index in [0.717, 1.165) is 22.9 Å². The number of hydrogen-bond acceptors (Lipinski definition) is 4. The number of halogens is 1. The van der Waals surface area contributed by atoms with Crippen LogP contribution in [0.5, 0.6) is 0 Å². The van der Waals surface area contributed by atoms with Gasteiger partial charge in [0.05, 0.1) is 11.3 Å². The number of fused-ring (bicyclic) bond motifs is 1. The minimum absolute atomic E-state index is 0.0588. The molecule has 4 N–H and O–H groups in total. The molecule has 0 heterocycles. The van der Waals surface area contributed by atoms with Gasteiger partial charge in [-0.2, -0.15) is 0 Å². The maximum absolute atomic E-state index is 13.7. The number of carbonyl (C=O) groups is 3. The topological polar surface area (TPSA) is 101 Å². The van der Waals surface area contributed by atoms with E-state index in [1.165, 1.54) is 6.07 Å². The molecule has 0 fully saturated rings. The van der Waals surface area contributed by atoms with E-state index in [2.05, 4.69) is 10.6 Å². The summed E-state index contributed by atoms with van der Waals surface area (Å²) < 4.78 is 13.7. The Balaban J connectivity index is 1.83. The molecule has 6 nitrogen and oxygen atoms in total. The van der Waals surface area contributed by atoms with Crippen LogP contribution in [0, 0.1) is 5.82 Å². The van der Waals surface area contributed by atoms with E-state index in [1.54, 1.807) is 12.1 Å². The van der Waals surface area contributed by atoms with Crippen LogP contribution in [0.1, 0.15) is 27.1 Å². The third-order valence-corrected chi connectivity index (χ3v) is 4.36. The molecule has 0 saturated heterocycles. The van der Waals surface area contributed by atoms with Gasteiger partial charge in [0.1, 0.15) is 5.82 Å². The number of Topliss-reactive ketones (excluding diaryl/α,β-unsaturated/α-hetero) is 1. The Bertz CT molecular complexity index is 1080. The molecule has 0 bridgehead atoms. The van der Waals surface area contributed by atoms with Gasteiger partial charge in [-0.05, 0) is 54.1 Å². The van der Waals surface area contributed by atoms with Gasteiger partial charge in [-0.15, -0.1) is 0 Å². The maximum Gasteiger partial charge on any atom is 0.292 e. The molecule has 0 aliphatic carbocycles. The van der Waals surface area contributed by atoms with Crippen LogP contribution in [-0.4, -0.2) is 30.7 Å². The van der Waals surface area contributed by atoms with Crippen molar-refractivity contribution in [3.05, 3.63) is 77.6 Å². The molecule has 7 heteroatoms. The van der Waals surface area contributed by atoms with E-state index in [-0.39, 0.29) is 17.8 Å². The number of rotatable bonds is 7. The molecule has 148 valence electrons. The van der Waals surface area contributed by atoms with Crippen molar-refractivity contribution >= 4 is 34.1 Å². The molecule has 0 aliphatic rings. The summed E-state index contributed by atoms with van der Waals surface area (Å²) in [5.74, 6) is -2.98. The van der Waals surface area contributed by atoms with Gasteiger partial charge < -0.3 is 16.4 Å². The van der Waals surface area contributed by atoms with E-state index >= 15 is 0 Å². The molecule has 3 aromatic carbocycles. The zero-order chi connectivity index (χ0) is 20.8. The zero-order valence-electron chi connectivity index (χ0n) is 15.6. The Morgan fingerprint density at radius 2 is 1.69 bits per heavy atom. The molecule has 0 aromatic heterocycles. The van der Waals surface area contributed by atoms with Crippen molar-refractivity contribution in [2.75, 3.05) is 18.4 Å². The van der Waals surface area contributed by atoms with Crippen molar-refractivity contribution < 1.29 is 18.8 Å². The number of carbonyl (C=O) groups excluding carboxylic acids is 3. The highest BCUT2D eigenvalue weighted by Gasteiger charge is 2.21. The maximum atomic E-state index is 13.7. The molecule has 0 atom stereocenters. The fourth-order valence-corrected chi connectivity index (χ4v) is 2.84. The summed E-state index contributed by atoms with van der Waals surface area (Å²) in [5, 5.41) is 6.89. The Hall–Kier alpha value is -3.58. The molecule has 3 aromatic rings. The SMILES string of the molecule is NCCCNC(=O)C(=O)c1cc(F)ccc1NC(=O)c1ccc2ccccc2c1. The molecule has 2 amide bonds. The van der Waals surface area contributed by atoms with Crippen molar-refractivity contribution in [3.8, 4) is 0 Å². The van der Waals surface area contributed by atoms with Crippen LogP contribution in [0.15, 0.2) is 60.7 Å². The monoisotopic (exact) mass is 393 g/mol. The van der Waals surface area contributed by atoms with Gasteiger partial charge in [0, 0.05) is 12.1 Å².